The van der Waals surface area contributed by atoms with Gasteiger partial charge >= 0.3 is 0 Å². The monoisotopic (exact) mass is 432 g/mol. The molecule has 9 heteroatoms. The van der Waals surface area contributed by atoms with Crippen molar-refractivity contribution < 1.29 is 13.2 Å². The van der Waals surface area contributed by atoms with Crippen LogP contribution in [0.1, 0.15) is 12.5 Å². The second kappa shape index (κ2) is 8.67. The van der Waals surface area contributed by atoms with Gasteiger partial charge in [-0.15, -0.1) is 0 Å². The summed E-state index contributed by atoms with van der Waals surface area (Å²) >= 11 is 5.88. The van der Waals surface area contributed by atoms with E-state index in [0.29, 0.717) is 10.7 Å². The average Bonchev–Trinajstić information content (AvgIpc) is 3.22. The lowest BCUT2D eigenvalue weighted by Crippen LogP contribution is -2.47. The van der Waals surface area contributed by atoms with Crippen molar-refractivity contribution >= 4 is 33.2 Å². The zero-order chi connectivity index (χ0) is 21.0. The third-order valence-corrected chi connectivity index (χ3v) is 5.87. The lowest BCUT2D eigenvalue weighted by atomic mass is 10.2. The van der Waals surface area contributed by atoms with Crippen LogP contribution in [0.3, 0.4) is 0 Å². The third-order valence-electron chi connectivity index (χ3n) is 4.38. The van der Waals surface area contributed by atoms with Crippen LogP contribution in [0, 0.1) is 0 Å². The highest BCUT2D eigenvalue weighted by molar-refractivity contribution is 7.92. The summed E-state index contributed by atoms with van der Waals surface area (Å²) in [6.45, 7) is 1.83. The molecule has 0 unspecified atom stereocenters. The van der Waals surface area contributed by atoms with Gasteiger partial charge in [0.15, 0.2) is 0 Å². The molecular weight excluding hydrogens is 412 g/mol. The number of sulfonamides is 1. The quantitative estimate of drug-likeness (QED) is 0.622. The molecule has 1 heterocycles. The third kappa shape index (κ3) is 5.16. The second-order valence-corrected chi connectivity index (χ2v) is 8.86. The van der Waals surface area contributed by atoms with Gasteiger partial charge in [0.1, 0.15) is 6.04 Å². The van der Waals surface area contributed by atoms with E-state index in [1.54, 1.807) is 43.7 Å². The summed E-state index contributed by atoms with van der Waals surface area (Å²) in [4.78, 5) is 16.7. The fourth-order valence-corrected chi connectivity index (χ4v) is 4.23. The molecule has 29 heavy (non-hydrogen) atoms. The summed E-state index contributed by atoms with van der Waals surface area (Å²) in [5.74, 6) is -0.399. The molecule has 1 aromatic heterocycles. The molecule has 3 aromatic rings. The molecule has 2 aromatic carbocycles. The number of benzene rings is 2. The van der Waals surface area contributed by atoms with E-state index in [0.717, 1.165) is 21.8 Å². The zero-order valence-electron chi connectivity index (χ0n) is 16.0. The van der Waals surface area contributed by atoms with Crippen LogP contribution in [-0.2, 0) is 21.4 Å². The Kier molecular flexibility index (Phi) is 6.24. The SMILES string of the molecule is C[C@@H](C(=O)NCc1ccc(-n2ccnc2)cc1)N(c1ccc(Cl)cc1)S(C)(=O)=O. The molecule has 0 radical (unpaired) electrons. The molecule has 0 spiro atoms. The van der Waals surface area contributed by atoms with Crippen molar-refractivity contribution in [3.8, 4) is 5.69 Å². The number of aromatic nitrogens is 2. The maximum atomic E-state index is 12.6. The highest BCUT2D eigenvalue weighted by Gasteiger charge is 2.28. The summed E-state index contributed by atoms with van der Waals surface area (Å²) < 4.78 is 27.5. The van der Waals surface area contributed by atoms with E-state index in [1.165, 1.54) is 0 Å². The predicted molar refractivity (Wildman–Crippen MR) is 114 cm³/mol. The number of nitrogens with one attached hydrogen (secondary N) is 1. The summed E-state index contributed by atoms with van der Waals surface area (Å²) in [5.41, 5.74) is 2.23. The molecule has 1 atom stereocenters. The fraction of sp³-hybridized carbons (Fsp3) is 0.200. The molecule has 0 saturated heterocycles. The van der Waals surface area contributed by atoms with Crippen LogP contribution in [0.15, 0.2) is 67.3 Å². The van der Waals surface area contributed by atoms with Crippen LogP contribution in [0.2, 0.25) is 5.02 Å². The Balaban J connectivity index is 1.69. The van der Waals surface area contributed by atoms with Gasteiger partial charge in [0, 0.05) is 29.6 Å². The van der Waals surface area contributed by atoms with Gasteiger partial charge in [0.2, 0.25) is 15.9 Å². The molecule has 1 amide bonds. The summed E-state index contributed by atoms with van der Waals surface area (Å²) in [7, 11) is -3.67. The molecule has 0 aliphatic carbocycles. The van der Waals surface area contributed by atoms with Crippen LogP contribution in [0.4, 0.5) is 5.69 Å². The summed E-state index contributed by atoms with van der Waals surface area (Å²) in [5, 5.41) is 3.28. The molecule has 0 saturated carbocycles. The number of hydrogen-bond acceptors (Lipinski definition) is 4. The molecule has 0 bridgehead atoms. The molecule has 3 rings (SSSR count). The number of hydrogen-bond donors (Lipinski definition) is 1. The summed E-state index contributed by atoms with van der Waals surface area (Å²) in [6.07, 6.45) is 6.31. The molecule has 0 aliphatic heterocycles. The predicted octanol–water partition coefficient (Wildman–Crippen LogP) is 3.00. The Labute approximate surface area is 175 Å². The van der Waals surface area contributed by atoms with Crippen molar-refractivity contribution in [2.45, 2.75) is 19.5 Å². The second-order valence-electron chi connectivity index (χ2n) is 6.57. The van der Waals surface area contributed by atoms with E-state index >= 15 is 0 Å². The number of amides is 1. The van der Waals surface area contributed by atoms with E-state index in [1.807, 2.05) is 35.0 Å². The van der Waals surface area contributed by atoms with E-state index in [-0.39, 0.29) is 6.54 Å². The smallest absolute Gasteiger partial charge is 0.243 e. The minimum Gasteiger partial charge on any atom is -0.350 e. The number of nitrogens with zero attached hydrogens (tertiary/aromatic N) is 3. The van der Waals surface area contributed by atoms with Crippen LogP contribution in [0.5, 0.6) is 0 Å². The van der Waals surface area contributed by atoms with E-state index in [9.17, 15) is 13.2 Å². The van der Waals surface area contributed by atoms with Crippen molar-refractivity contribution in [2.24, 2.45) is 0 Å². The first-order valence-corrected chi connectivity index (χ1v) is 11.1. The number of carbonyl (C=O) groups excluding carboxylic acids is 1. The van der Waals surface area contributed by atoms with Crippen molar-refractivity contribution in [1.82, 2.24) is 14.9 Å². The standard InChI is InChI=1S/C20H21ClN4O3S/c1-15(25(29(2,27)28)19-9-5-17(21)6-10-19)20(26)23-13-16-3-7-18(8-4-16)24-12-11-22-14-24/h3-12,14-15H,13H2,1-2H3,(H,23,26)/t15-/m0/s1. The molecule has 0 aliphatic rings. The van der Waals surface area contributed by atoms with Crippen LogP contribution < -0.4 is 9.62 Å². The Bertz CT molecular complexity index is 1070. The van der Waals surface area contributed by atoms with Gasteiger partial charge in [-0.1, -0.05) is 23.7 Å². The van der Waals surface area contributed by atoms with Crippen LogP contribution in [-0.4, -0.2) is 36.2 Å². The maximum absolute atomic E-state index is 12.6. The van der Waals surface area contributed by atoms with E-state index < -0.39 is 22.0 Å². The molecule has 7 nitrogen and oxygen atoms in total. The fourth-order valence-electron chi connectivity index (χ4n) is 2.93. The van der Waals surface area contributed by atoms with Gasteiger partial charge in [-0.25, -0.2) is 13.4 Å². The molecule has 0 fully saturated rings. The first kappa shape index (κ1) is 20.9. The van der Waals surface area contributed by atoms with Crippen LogP contribution >= 0.6 is 11.6 Å². The number of halogens is 1. The minimum absolute atomic E-state index is 0.283. The lowest BCUT2D eigenvalue weighted by Gasteiger charge is -2.28. The Morgan fingerprint density at radius 2 is 1.83 bits per heavy atom. The number of rotatable bonds is 7. The maximum Gasteiger partial charge on any atom is 0.243 e. The molecule has 1 N–H and O–H groups in total. The topological polar surface area (TPSA) is 84.3 Å². The van der Waals surface area contributed by atoms with Gasteiger partial charge in [-0.3, -0.25) is 9.10 Å². The van der Waals surface area contributed by atoms with Crippen molar-refractivity contribution in [3.63, 3.8) is 0 Å². The Morgan fingerprint density at radius 3 is 2.38 bits per heavy atom. The highest BCUT2D eigenvalue weighted by atomic mass is 35.5. The van der Waals surface area contributed by atoms with Crippen LogP contribution in [0.25, 0.3) is 5.69 Å². The van der Waals surface area contributed by atoms with E-state index in [4.69, 9.17) is 11.6 Å². The molecule has 152 valence electrons. The number of imidazole rings is 1. The van der Waals surface area contributed by atoms with E-state index in [2.05, 4.69) is 10.3 Å². The minimum atomic E-state index is -3.67. The average molecular weight is 433 g/mol. The normalized spacial score (nSPS) is 12.4. The Morgan fingerprint density at radius 1 is 1.17 bits per heavy atom. The van der Waals surface area contributed by atoms with Gasteiger partial charge in [-0.05, 0) is 48.9 Å². The van der Waals surface area contributed by atoms with Gasteiger partial charge in [0.05, 0.1) is 18.3 Å². The first-order chi connectivity index (χ1) is 13.8. The first-order valence-electron chi connectivity index (χ1n) is 8.85. The summed E-state index contributed by atoms with van der Waals surface area (Å²) in [6, 6.07) is 13.0. The highest BCUT2D eigenvalue weighted by Crippen LogP contribution is 2.23. The largest absolute Gasteiger partial charge is 0.350 e. The van der Waals surface area contributed by atoms with Gasteiger partial charge < -0.3 is 9.88 Å². The molecular formula is C20H21ClN4O3S. The Hall–Kier alpha value is -2.84. The van der Waals surface area contributed by atoms with Gasteiger partial charge in [0.25, 0.3) is 0 Å². The van der Waals surface area contributed by atoms with Crippen molar-refractivity contribution in [1.29, 1.82) is 0 Å². The van der Waals surface area contributed by atoms with Crippen molar-refractivity contribution in [3.05, 3.63) is 77.8 Å². The zero-order valence-corrected chi connectivity index (χ0v) is 17.6. The van der Waals surface area contributed by atoms with Gasteiger partial charge in [-0.2, -0.15) is 0 Å². The lowest BCUT2D eigenvalue weighted by molar-refractivity contribution is -0.122. The number of anilines is 1. The van der Waals surface area contributed by atoms with Crippen molar-refractivity contribution in [2.75, 3.05) is 10.6 Å². The number of carbonyl (C=O) groups is 1.